The quantitative estimate of drug-likeness (QED) is 0.212. The Morgan fingerprint density at radius 2 is 1.94 bits per heavy atom. The normalized spacial score (nSPS) is 13.4. The molecule has 0 saturated heterocycles. The van der Waals surface area contributed by atoms with Gasteiger partial charge in [0.05, 0.1) is 28.0 Å². The first-order valence-corrected chi connectivity index (χ1v) is 11.0. The maximum absolute atomic E-state index is 14.4. The van der Waals surface area contributed by atoms with E-state index in [2.05, 4.69) is 20.3 Å². The van der Waals surface area contributed by atoms with Crippen LogP contribution in [0.2, 0.25) is 5.02 Å². The highest BCUT2D eigenvalue weighted by molar-refractivity contribution is 6.30. The molecule has 0 aliphatic carbocycles. The van der Waals surface area contributed by atoms with Crippen molar-refractivity contribution in [2.24, 2.45) is 22.2 Å². The van der Waals surface area contributed by atoms with Crippen LogP contribution in [0.5, 0.6) is 0 Å². The number of nitrogens with two attached hydrogens (primary N) is 3. The summed E-state index contributed by atoms with van der Waals surface area (Å²) >= 11 is 5.90. The second kappa shape index (κ2) is 11.3. The highest BCUT2D eigenvalue weighted by Crippen LogP contribution is 2.26. The van der Waals surface area contributed by atoms with E-state index in [1.807, 2.05) is 19.1 Å². The smallest absolute Gasteiger partial charge is 0.252 e. The van der Waals surface area contributed by atoms with Gasteiger partial charge in [0.25, 0.3) is 5.91 Å². The fourth-order valence-electron chi connectivity index (χ4n) is 3.30. The molecular weight excluding hydrogens is 469 g/mol. The van der Waals surface area contributed by atoms with Crippen molar-refractivity contribution in [2.45, 2.75) is 19.9 Å². The number of nitrogens with zero attached hydrogens (tertiary/aromatic N) is 3. The van der Waals surface area contributed by atoms with E-state index >= 15 is 0 Å². The van der Waals surface area contributed by atoms with Crippen molar-refractivity contribution in [1.82, 2.24) is 9.97 Å². The number of carbonyl (C=O) groups is 1. The topological polar surface area (TPSA) is 145 Å². The number of amidine groups is 1. The number of nitrogens with one attached hydrogen (secondary N) is 1. The first-order valence-electron chi connectivity index (χ1n) is 10.6. The van der Waals surface area contributed by atoms with Crippen LogP contribution < -0.4 is 22.5 Å². The molecule has 0 spiro atoms. The summed E-state index contributed by atoms with van der Waals surface area (Å²) in [5.41, 5.74) is 19.8. The van der Waals surface area contributed by atoms with Gasteiger partial charge in [0.15, 0.2) is 0 Å². The van der Waals surface area contributed by atoms with E-state index < -0.39 is 17.8 Å². The number of pyridine rings is 2. The summed E-state index contributed by atoms with van der Waals surface area (Å²) in [5, 5.41) is 3.22. The Bertz CT molecular complexity index is 1340. The third-order valence-electron chi connectivity index (χ3n) is 5.00. The van der Waals surface area contributed by atoms with Gasteiger partial charge in [-0.1, -0.05) is 29.8 Å². The minimum atomic E-state index is -0.713. The molecule has 8 nitrogen and oxygen atoms in total. The summed E-state index contributed by atoms with van der Waals surface area (Å²) in [7, 11) is 0. The van der Waals surface area contributed by atoms with Crippen LogP contribution in [0, 0.1) is 12.7 Å². The lowest BCUT2D eigenvalue weighted by atomic mass is 10.1. The number of halogens is 2. The summed E-state index contributed by atoms with van der Waals surface area (Å²) in [4.78, 5) is 24.8. The molecule has 0 radical (unpaired) electrons. The molecule has 2 heterocycles. The van der Waals surface area contributed by atoms with Crippen molar-refractivity contribution >= 4 is 40.4 Å². The third kappa shape index (κ3) is 6.42. The van der Waals surface area contributed by atoms with Crippen LogP contribution in [0.25, 0.3) is 11.3 Å². The first kappa shape index (κ1) is 25.4. The SMILES string of the molecule is Cc1cccc(N/C(=C\C(N)=NC(C)c2cccc(Cl)c2F)c2ccnc(C(=CN)C(N)=O)c2)n1. The van der Waals surface area contributed by atoms with E-state index in [0.29, 0.717) is 22.6 Å². The number of rotatable bonds is 8. The van der Waals surface area contributed by atoms with Crippen molar-refractivity contribution in [3.63, 3.8) is 0 Å². The highest BCUT2D eigenvalue weighted by atomic mass is 35.5. The first-order chi connectivity index (χ1) is 16.7. The second-order valence-corrected chi connectivity index (χ2v) is 8.00. The van der Waals surface area contributed by atoms with Gasteiger partial charge < -0.3 is 22.5 Å². The predicted octanol–water partition coefficient (Wildman–Crippen LogP) is 3.93. The Labute approximate surface area is 207 Å². The Morgan fingerprint density at radius 3 is 2.63 bits per heavy atom. The van der Waals surface area contributed by atoms with Crippen molar-refractivity contribution in [3.8, 4) is 0 Å². The number of aromatic nitrogens is 2. The Balaban J connectivity index is 2.05. The van der Waals surface area contributed by atoms with E-state index in [1.165, 1.54) is 12.3 Å². The van der Waals surface area contributed by atoms with Crippen LogP contribution in [0.4, 0.5) is 10.2 Å². The van der Waals surface area contributed by atoms with Crippen molar-refractivity contribution in [2.75, 3.05) is 5.32 Å². The Kier molecular flexibility index (Phi) is 8.17. The highest BCUT2D eigenvalue weighted by Gasteiger charge is 2.15. The standard InChI is InChI=1S/C25H25ClFN7O/c1-14-5-3-8-23(32-14)34-20(16-9-10-31-21(11-16)18(13-28)25(30)35)12-22(29)33-15(2)17-6-4-7-19(26)24(17)27/h3-13,15H,28H2,1-2H3,(H2,29,33)(H2,30,35)(H,32,34)/b18-13?,20-12-. The van der Waals surface area contributed by atoms with Crippen LogP contribution in [-0.4, -0.2) is 21.7 Å². The van der Waals surface area contributed by atoms with Crippen LogP contribution in [-0.2, 0) is 4.79 Å². The second-order valence-electron chi connectivity index (χ2n) is 7.59. The van der Waals surface area contributed by atoms with Gasteiger partial charge >= 0.3 is 0 Å². The maximum atomic E-state index is 14.4. The lowest BCUT2D eigenvalue weighted by molar-refractivity contribution is -0.112. The van der Waals surface area contributed by atoms with Crippen molar-refractivity contribution in [1.29, 1.82) is 0 Å². The van der Waals surface area contributed by atoms with E-state index in [9.17, 15) is 9.18 Å². The van der Waals surface area contributed by atoms with Crippen LogP contribution in [0.1, 0.15) is 35.5 Å². The fraction of sp³-hybridized carbons (Fsp3) is 0.120. The maximum Gasteiger partial charge on any atom is 0.252 e. The van der Waals surface area contributed by atoms with E-state index in [0.717, 1.165) is 11.9 Å². The molecule has 180 valence electrons. The van der Waals surface area contributed by atoms with Gasteiger partial charge in [-0.25, -0.2) is 9.37 Å². The molecule has 1 aromatic carbocycles. The molecule has 0 aliphatic heterocycles. The molecule has 0 aliphatic rings. The summed E-state index contributed by atoms with van der Waals surface area (Å²) in [6.45, 7) is 3.57. The summed E-state index contributed by atoms with van der Waals surface area (Å²) < 4.78 is 14.4. The third-order valence-corrected chi connectivity index (χ3v) is 5.29. The van der Waals surface area contributed by atoms with Crippen molar-refractivity contribution < 1.29 is 9.18 Å². The fourth-order valence-corrected chi connectivity index (χ4v) is 3.48. The van der Waals surface area contributed by atoms with Gasteiger partial charge in [-0.15, -0.1) is 0 Å². The van der Waals surface area contributed by atoms with Gasteiger partial charge in [0, 0.05) is 35.3 Å². The molecule has 1 atom stereocenters. The van der Waals surface area contributed by atoms with Gasteiger partial charge in [0.2, 0.25) is 0 Å². The van der Waals surface area contributed by atoms with Gasteiger partial charge in [-0.3, -0.25) is 14.8 Å². The number of carbonyl (C=O) groups excluding carboxylic acids is 1. The summed E-state index contributed by atoms with van der Waals surface area (Å²) in [5.74, 6) is -0.582. The molecule has 35 heavy (non-hydrogen) atoms. The molecule has 2 aromatic heterocycles. The molecule has 1 unspecified atom stereocenters. The lowest BCUT2D eigenvalue weighted by Crippen LogP contribution is -2.16. The summed E-state index contributed by atoms with van der Waals surface area (Å²) in [6, 6.07) is 13.0. The molecule has 3 rings (SSSR count). The zero-order valence-electron chi connectivity index (χ0n) is 19.2. The van der Waals surface area contributed by atoms with Gasteiger partial charge in [0.1, 0.15) is 17.5 Å². The minimum Gasteiger partial charge on any atom is -0.404 e. The zero-order chi connectivity index (χ0) is 25.5. The number of hydrogen-bond acceptors (Lipinski definition) is 6. The molecule has 1 amide bonds. The minimum absolute atomic E-state index is 0.00840. The Morgan fingerprint density at radius 1 is 1.20 bits per heavy atom. The molecule has 3 aromatic rings. The van der Waals surface area contributed by atoms with Gasteiger partial charge in [-0.05, 0) is 44.2 Å². The predicted molar refractivity (Wildman–Crippen MR) is 138 cm³/mol. The zero-order valence-corrected chi connectivity index (χ0v) is 19.9. The van der Waals surface area contributed by atoms with E-state index in [1.54, 1.807) is 43.3 Å². The van der Waals surface area contributed by atoms with Crippen molar-refractivity contribution in [3.05, 3.63) is 100 Å². The number of aryl methyl sites for hydroxylation is 1. The number of benzene rings is 1. The monoisotopic (exact) mass is 493 g/mol. The molecular formula is C25H25ClFN7O. The average molecular weight is 494 g/mol. The molecule has 0 saturated carbocycles. The largest absolute Gasteiger partial charge is 0.404 e. The molecule has 7 N–H and O–H groups in total. The summed E-state index contributed by atoms with van der Waals surface area (Å²) in [6.07, 6.45) is 4.19. The van der Waals surface area contributed by atoms with E-state index in [4.69, 9.17) is 28.8 Å². The lowest BCUT2D eigenvalue weighted by Gasteiger charge is -2.14. The van der Waals surface area contributed by atoms with Crippen LogP contribution >= 0.6 is 11.6 Å². The van der Waals surface area contributed by atoms with E-state index in [-0.39, 0.29) is 22.1 Å². The molecule has 10 heteroatoms. The number of hydrogen-bond donors (Lipinski definition) is 4. The number of amides is 1. The van der Waals surface area contributed by atoms with Crippen LogP contribution in [0.15, 0.2) is 72.0 Å². The van der Waals surface area contributed by atoms with Crippen LogP contribution in [0.3, 0.4) is 0 Å². The number of anilines is 1. The van der Waals surface area contributed by atoms with Gasteiger partial charge in [-0.2, -0.15) is 0 Å². The molecule has 0 bridgehead atoms. The number of primary amides is 1. The number of aliphatic imine (C=N–C) groups is 1. The Hall–Kier alpha value is -4.24. The molecule has 0 fully saturated rings. The average Bonchev–Trinajstić information content (AvgIpc) is 2.81.